The van der Waals surface area contributed by atoms with E-state index in [-0.39, 0.29) is 11.9 Å². The number of rotatable bonds is 4. The van der Waals surface area contributed by atoms with Gasteiger partial charge in [0.25, 0.3) is 0 Å². The molecule has 1 aromatic heterocycles. The van der Waals surface area contributed by atoms with E-state index >= 15 is 0 Å². The summed E-state index contributed by atoms with van der Waals surface area (Å²) in [5, 5.41) is 3.20. The summed E-state index contributed by atoms with van der Waals surface area (Å²) in [7, 11) is 0. The van der Waals surface area contributed by atoms with Crippen molar-refractivity contribution >= 4 is 5.91 Å². The summed E-state index contributed by atoms with van der Waals surface area (Å²) >= 11 is 0. The minimum absolute atomic E-state index is 0.119. The van der Waals surface area contributed by atoms with Gasteiger partial charge in [0, 0.05) is 23.9 Å². The highest BCUT2D eigenvalue weighted by Gasteiger charge is 2.23. The highest BCUT2D eigenvalue weighted by atomic mass is 16.1. The molecular weight excluding hydrogens is 262 g/mol. The van der Waals surface area contributed by atoms with Gasteiger partial charge in [-0.3, -0.25) is 4.79 Å². The molecule has 2 aliphatic carbocycles. The van der Waals surface area contributed by atoms with Crippen LogP contribution in [0.4, 0.5) is 0 Å². The van der Waals surface area contributed by atoms with Gasteiger partial charge in [0.1, 0.15) is 6.33 Å². The number of nitrogens with zero attached hydrogens (tertiary/aromatic N) is 2. The lowest BCUT2D eigenvalue weighted by Crippen LogP contribution is -2.31. The van der Waals surface area contributed by atoms with Crippen LogP contribution in [0.5, 0.6) is 0 Å². The third kappa shape index (κ3) is 3.80. The monoisotopic (exact) mass is 287 g/mol. The van der Waals surface area contributed by atoms with Crippen LogP contribution in [0.15, 0.2) is 12.5 Å². The summed E-state index contributed by atoms with van der Waals surface area (Å²) in [6, 6.07) is 0.119. The lowest BCUT2D eigenvalue weighted by Gasteiger charge is -2.26. The van der Waals surface area contributed by atoms with Crippen molar-refractivity contribution in [2.24, 2.45) is 5.92 Å². The van der Waals surface area contributed by atoms with Gasteiger partial charge in [-0.1, -0.05) is 32.1 Å². The zero-order valence-electron chi connectivity index (χ0n) is 12.7. The average Bonchev–Trinajstić information content (AvgIpc) is 2.54. The fourth-order valence-corrected chi connectivity index (χ4v) is 3.72. The first-order chi connectivity index (χ1) is 10.3. The Kier molecular flexibility index (Phi) is 4.84. The van der Waals surface area contributed by atoms with Crippen molar-refractivity contribution in [3.05, 3.63) is 23.8 Å². The molecule has 1 saturated carbocycles. The van der Waals surface area contributed by atoms with Crippen LogP contribution >= 0.6 is 0 Å². The molecular formula is C17H25N3O. The van der Waals surface area contributed by atoms with E-state index in [1.54, 1.807) is 6.33 Å². The molecule has 0 saturated heterocycles. The highest BCUT2D eigenvalue weighted by Crippen LogP contribution is 2.29. The summed E-state index contributed by atoms with van der Waals surface area (Å²) in [5.41, 5.74) is 2.23. The summed E-state index contributed by atoms with van der Waals surface area (Å²) in [4.78, 5) is 20.7. The van der Waals surface area contributed by atoms with E-state index in [4.69, 9.17) is 0 Å². The minimum atomic E-state index is 0.119. The zero-order chi connectivity index (χ0) is 14.5. The maximum absolute atomic E-state index is 12.2. The Morgan fingerprint density at radius 2 is 2.05 bits per heavy atom. The van der Waals surface area contributed by atoms with Crippen molar-refractivity contribution in [3.8, 4) is 0 Å². The second kappa shape index (κ2) is 7.01. The molecule has 3 rings (SSSR count). The summed E-state index contributed by atoms with van der Waals surface area (Å²) in [5.74, 6) is 0.966. The first-order valence-corrected chi connectivity index (χ1v) is 8.41. The fourth-order valence-electron chi connectivity index (χ4n) is 3.72. The number of aromatic nitrogens is 2. The Morgan fingerprint density at radius 3 is 2.90 bits per heavy atom. The largest absolute Gasteiger partial charge is 0.349 e. The molecule has 1 unspecified atom stereocenters. The third-order valence-corrected chi connectivity index (χ3v) is 4.95. The van der Waals surface area contributed by atoms with Crippen molar-refractivity contribution in [2.45, 2.75) is 70.3 Å². The number of carbonyl (C=O) groups excluding carboxylic acids is 1. The molecule has 1 fully saturated rings. The first-order valence-electron chi connectivity index (χ1n) is 8.41. The van der Waals surface area contributed by atoms with Crippen LogP contribution in [0.2, 0.25) is 0 Å². The molecule has 4 nitrogen and oxygen atoms in total. The third-order valence-electron chi connectivity index (χ3n) is 4.95. The quantitative estimate of drug-likeness (QED) is 0.924. The molecule has 0 radical (unpaired) electrons. The fraction of sp³-hybridized carbons (Fsp3) is 0.706. The van der Waals surface area contributed by atoms with Crippen LogP contribution in [0.1, 0.15) is 75.1 Å². The van der Waals surface area contributed by atoms with Gasteiger partial charge in [-0.15, -0.1) is 0 Å². The van der Waals surface area contributed by atoms with Crippen molar-refractivity contribution in [2.75, 3.05) is 0 Å². The number of hydrogen-bond acceptors (Lipinski definition) is 3. The van der Waals surface area contributed by atoms with Gasteiger partial charge in [0.15, 0.2) is 0 Å². The van der Waals surface area contributed by atoms with E-state index in [9.17, 15) is 4.79 Å². The molecule has 1 amide bonds. The molecule has 21 heavy (non-hydrogen) atoms. The van der Waals surface area contributed by atoms with Crippen molar-refractivity contribution in [1.29, 1.82) is 0 Å². The van der Waals surface area contributed by atoms with E-state index in [2.05, 4.69) is 15.3 Å². The molecule has 0 aliphatic heterocycles. The van der Waals surface area contributed by atoms with E-state index < -0.39 is 0 Å². The standard InChI is InChI=1S/C17H25N3O/c21-17(10-9-13-5-2-1-3-6-13)20-16-8-4-7-15-14(16)11-18-12-19-15/h11-13,16H,1-10H2,(H,20,21). The van der Waals surface area contributed by atoms with Crippen molar-refractivity contribution < 1.29 is 4.79 Å². The molecule has 1 atom stereocenters. The number of aryl methyl sites for hydroxylation is 1. The zero-order valence-corrected chi connectivity index (χ0v) is 12.7. The Morgan fingerprint density at radius 1 is 1.19 bits per heavy atom. The van der Waals surface area contributed by atoms with Crippen molar-refractivity contribution in [3.63, 3.8) is 0 Å². The topological polar surface area (TPSA) is 54.9 Å². The average molecular weight is 287 g/mol. The van der Waals surface area contributed by atoms with Gasteiger partial charge in [0.2, 0.25) is 5.91 Å². The smallest absolute Gasteiger partial charge is 0.220 e. The number of fused-ring (bicyclic) bond motifs is 1. The van der Waals surface area contributed by atoms with Gasteiger partial charge < -0.3 is 5.32 Å². The first kappa shape index (κ1) is 14.5. The molecule has 2 aliphatic rings. The normalized spacial score (nSPS) is 22.6. The molecule has 4 heteroatoms. The predicted octanol–water partition coefficient (Wildman–Crippen LogP) is 3.33. The van der Waals surface area contributed by atoms with Crippen molar-refractivity contribution in [1.82, 2.24) is 15.3 Å². The molecule has 0 bridgehead atoms. The molecule has 1 aromatic rings. The van der Waals surface area contributed by atoms with E-state index in [1.165, 1.54) is 32.1 Å². The maximum Gasteiger partial charge on any atom is 0.220 e. The molecule has 0 spiro atoms. The van der Waals surface area contributed by atoms with Crippen LogP contribution in [0.25, 0.3) is 0 Å². The number of carbonyl (C=O) groups is 1. The number of nitrogens with one attached hydrogen (secondary N) is 1. The maximum atomic E-state index is 12.2. The van der Waals surface area contributed by atoms with Gasteiger partial charge in [-0.25, -0.2) is 9.97 Å². The van der Waals surface area contributed by atoms with Crippen LogP contribution < -0.4 is 5.32 Å². The Hall–Kier alpha value is -1.45. The second-order valence-corrected chi connectivity index (χ2v) is 6.48. The minimum Gasteiger partial charge on any atom is -0.349 e. The van der Waals surface area contributed by atoms with Gasteiger partial charge >= 0.3 is 0 Å². The molecule has 114 valence electrons. The lowest BCUT2D eigenvalue weighted by atomic mass is 9.86. The Balaban J connectivity index is 1.51. The van der Waals surface area contributed by atoms with E-state index in [1.807, 2.05) is 6.20 Å². The van der Waals surface area contributed by atoms with E-state index in [0.717, 1.165) is 42.9 Å². The predicted molar refractivity (Wildman–Crippen MR) is 81.7 cm³/mol. The van der Waals surface area contributed by atoms with Gasteiger partial charge in [0.05, 0.1) is 6.04 Å². The lowest BCUT2D eigenvalue weighted by molar-refractivity contribution is -0.122. The van der Waals surface area contributed by atoms with Gasteiger partial charge in [-0.2, -0.15) is 0 Å². The van der Waals surface area contributed by atoms with E-state index in [0.29, 0.717) is 6.42 Å². The van der Waals surface area contributed by atoms with Crippen LogP contribution in [-0.4, -0.2) is 15.9 Å². The van der Waals surface area contributed by atoms with Crippen LogP contribution in [-0.2, 0) is 11.2 Å². The summed E-state index contributed by atoms with van der Waals surface area (Å²) < 4.78 is 0. The molecule has 0 aromatic carbocycles. The highest BCUT2D eigenvalue weighted by molar-refractivity contribution is 5.76. The number of hydrogen-bond donors (Lipinski definition) is 1. The van der Waals surface area contributed by atoms with Crippen LogP contribution in [0, 0.1) is 5.92 Å². The molecule has 1 N–H and O–H groups in total. The molecule has 1 heterocycles. The second-order valence-electron chi connectivity index (χ2n) is 6.48. The Bertz CT molecular complexity index is 483. The summed E-state index contributed by atoms with van der Waals surface area (Å²) in [6.45, 7) is 0. The summed E-state index contributed by atoms with van der Waals surface area (Å²) in [6.07, 6.45) is 15.0. The van der Waals surface area contributed by atoms with Crippen LogP contribution in [0.3, 0.4) is 0 Å². The SMILES string of the molecule is O=C(CCC1CCCCC1)NC1CCCc2ncncc21. The Labute approximate surface area is 126 Å². The number of amides is 1. The van der Waals surface area contributed by atoms with Gasteiger partial charge in [-0.05, 0) is 31.6 Å².